The molecule has 0 saturated carbocycles. The second-order valence-electron chi connectivity index (χ2n) is 2.77. The van der Waals surface area contributed by atoms with Gasteiger partial charge in [0.05, 0.1) is 21.4 Å². The van der Waals surface area contributed by atoms with Gasteiger partial charge in [0.25, 0.3) is 0 Å². The van der Waals surface area contributed by atoms with E-state index < -0.39 is 5.97 Å². The number of halogens is 1. The highest BCUT2D eigenvalue weighted by atomic mass is 127. The van der Waals surface area contributed by atoms with Crippen molar-refractivity contribution in [3.63, 3.8) is 0 Å². The zero-order chi connectivity index (χ0) is 10.8. The van der Waals surface area contributed by atoms with Crippen LogP contribution in [0.4, 0.5) is 0 Å². The summed E-state index contributed by atoms with van der Waals surface area (Å²) in [5, 5.41) is 14.6. The van der Waals surface area contributed by atoms with Gasteiger partial charge in [-0.05, 0) is 34.7 Å². The van der Waals surface area contributed by atoms with Gasteiger partial charge in [-0.2, -0.15) is 5.10 Å². The largest absolute Gasteiger partial charge is 0.543 e. The lowest BCUT2D eigenvalue weighted by Gasteiger charge is -2.04. The van der Waals surface area contributed by atoms with Gasteiger partial charge in [0.2, 0.25) is 0 Å². The van der Waals surface area contributed by atoms with Crippen molar-refractivity contribution in [2.24, 2.45) is 0 Å². The zero-order valence-electron chi connectivity index (χ0n) is 7.42. The number of aromatic nitrogens is 3. The fourth-order valence-electron chi connectivity index (χ4n) is 1.09. The van der Waals surface area contributed by atoms with Crippen molar-refractivity contribution >= 4 is 28.6 Å². The van der Waals surface area contributed by atoms with E-state index in [1.165, 1.54) is 10.7 Å². The van der Waals surface area contributed by atoms with Gasteiger partial charge in [-0.3, -0.25) is 0 Å². The maximum Gasteiger partial charge on any atom is 0.154 e. The maximum absolute atomic E-state index is 10.6. The first kappa shape index (κ1) is 10.1. The van der Waals surface area contributed by atoms with Gasteiger partial charge in [-0.15, -0.1) is 0 Å². The van der Waals surface area contributed by atoms with E-state index in [9.17, 15) is 9.90 Å². The molecule has 0 aliphatic heterocycles. The lowest BCUT2D eigenvalue weighted by atomic mass is 10.3. The molecule has 0 saturated heterocycles. The Kier molecular flexibility index (Phi) is 2.67. The molecule has 2 aromatic rings. The normalized spacial score (nSPS) is 10.2. The summed E-state index contributed by atoms with van der Waals surface area (Å²) in [4.78, 5) is 14.5. The molecule has 0 fully saturated rings. The van der Waals surface area contributed by atoms with Crippen molar-refractivity contribution in [1.82, 2.24) is 14.8 Å². The molecule has 0 bridgehead atoms. The SMILES string of the molecule is O=C([O-])c1cccc(-n2cc(I)cn2)n1. The number of rotatable bonds is 2. The van der Waals surface area contributed by atoms with Crippen LogP contribution in [0.3, 0.4) is 0 Å². The minimum absolute atomic E-state index is 0.0991. The number of hydrogen-bond donors (Lipinski definition) is 0. The van der Waals surface area contributed by atoms with Crippen LogP contribution in [-0.2, 0) is 0 Å². The molecule has 0 amide bonds. The number of carbonyl (C=O) groups is 1. The van der Waals surface area contributed by atoms with E-state index in [2.05, 4.69) is 32.7 Å². The van der Waals surface area contributed by atoms with Gasteiger partial charge in [0, 0.05) is 6.20 Å². The monoisotopic (exact) mass is 314 g/mol. The molecular formula is C9H5IN3O2-. The summed E-state index contributed by atoms with van der Waals surface area (Å²) in [7, 11) is 0. The van der Waals surface area contributed by atoms with Gasteiger partial charge in [0.1, 0.15) is 0 Å². The molecule has 2 heterocycles. The first-order valence-electron chi connectivity index (χ1n) is 4.06. The number of aromatic carboxylic acids is 1. The third-order valence-electron chi connectivity index (χ3n) is 1.73. The molecule has 2 aromatic heterocycles. The zero-order valence-corrected chi connectivity index (χ0v) is 9.58. The number of carbonyl (C=O) groups excluding carboxylic acids is 1. The second kappa shape index (κ2) is 3.97. The standard InChI is InChI=1S/C9H6IN3O2/c10-6-4-11-13(5-6)8-3-1-2-7(12-8)9(14)15/h1-5H,(H,14,15)/p-1. The minimum Gasteiger partial charge on any atom is -0.543 e. The van der Waals surface area contributed by atoms with Crippen molar-refractivity contribution in [2.45, 2.75) is 0 Å². The fraction of sp³-hybridized carbons (Fsp3) is 0. The highest BCUT2D eigenvalue weighted by molar-refractivity contribution is 14.1. The van der Waals surface area contributed by atoms with Crippen molar-refractivity contribution < 1.29 is 9.90 Å². The third kappa shape index (κ3) is 2.14. The van der Waals surface area contributed by atoms with Gasteiger partial charge in [-0.25, -0.2) is 9.67 Å². The summed E-state index contributed by atoms with van der Waals surface area (Å²) in [5.74, 6) is -0.835. The van der Waals surface area contributed by atoms with E-state index in [0.717, 1.165) is 3.57 Å². The Morgan fingerprint density at radius 2 is 2.27 bits per heavy atom. The Bertz CT molecular complexity index is 510. The van der Waals surface area contributed by atoms with Gasteiger partial charge >= 0.3 is 0 Å². The number of carboxylic acids is 1. The molecule has 0 radical (unpaired) electrons. The molecule has 6 heteroatoms. The Morgan fingerprint density at radius 1 is 1.47 bits per heavy atom. The molecule has 0 aliphatic carbocycles. The second-order valence-corrected chi connectivity index (χ2v) is 4.02. The van der Waals surface area contributed by atoms with Crippen LogP contribution in [-0.4, -0.2) is 20.7 Å². The summed E-state index contributed by atoms with van der Waals surface area (Å²) < 4.78 is 2.46. The molecule has 0 atom stereocenters. The van der Waals surface area contributed by atoms with Crippen molar-refractivity contribution in [2.75, 3.05) is 0 Å². The average molecular weight is 314 g/mol. The van der Waals surface area contributed by atoms with E-state index >= 15 is 0 Å². The maximum atomic E-state index is 10.6. The van der Waals surface area contributed by atoms with Crippen LogP contribution in [0.25, 0.3) is 5.82 Å². The predicted molar refractivity (Wildman–Crippen MR) is 58.4 cm³/mol. The Morgan fingerprint density at radius 3 is 2.87 bits per heavy atom. The third-order valence-corrected chi connectivity index (χ3v) is 2.29. The van der Waals surface area contributed by atoms with Gasteiger partial charge < -0.3 is 9.90 Å². The summed E-state index contributed by atoms with van der Waals surface area (Å²) in [6.07, 6.45) is 3.41. The molecule has 0 spiro atoms. The van der Waals surface area contributed by atoms with E-state index in [-0.39, 0.29) is 5.69 Å². The lowest BCUT2D eigenvalue weighted by molar-refractivity contribution is -0.255. The van der Waals surface area contributed by atoms with Crippen LogP contribution in [0.5, 0.6) is 0 Å². The Labute approximate surface area is 98.9 Å². The number of carboxylic acid groups (broad SMARTS) is 1. The molecular weight excluding hydrogens is 309 g/mol. The summed E-state index contributed by atoms with van der Waals surface area (Å²) in [6, 6.07) is 4.66. The summed E-state index contributed by atoms with van der Waals surface area (Å²) >= 11 is 2.11. The van der Waals surface area contributed by atoms with Crippen LogP contribution in [0, 0.1) is 3.57 Å². The van der Waals surface area contributed by atoms with Gasteiger partial charge in [-0.1, -0.05) is 6.07 Å². The molecule has 5 nitrogen and oxygen atoms in total. The van der Waals surface area contributed by atoms with Crippen molar-refractivity contribution in [3.8, 4) is 5.82 Å². The smallest absolute Gasteiger partial charge is 0.154 e. The average Bonchev–Trinajstić information content (AvgIpc) is 2.65. The van der Waals surface area contributed by atoms with Crippen LogP contribution >= 0.6 is 22.6 Å². The molecule has 76 valence electrons. The highest BCUT2D eigenvalue weighted by Crippen LogP contribution is 2.07. The summed E-state index contributed by atoms with van der Waals surface area (Å²) in [5.41, 5.74) is -0.0991. The molecule has 0 aromatic carbocycles. The van der Waals surface area contributed by atoms with Crippen LogP contribution in [0.1, 0.15) is 10.5 Å². The first-order valence-corrected chi connectivity index (χ1v) is 5.13. The van der Waals surface area contributed by atoms with Crippen molar-refractivity contribution in [1.29, 1.82) is 0 Å². The highest BCUT2D eigenvalue weighted by Gasteiger charge is 2.02. The molecule has 0 aliphatic rings. The summed E-state index contributed by atoms with van der Waals surface area (Å²) in [6.45, 7) is 0. The van der Waals surface area contributed by atoms with Crippen LogP contribution in [0.15, 0.2) is 30.6 Å². The van der Waals surface area contributed by atoms with Crippen molar-refractivity contribution in [3.05, 3.63) is 39.9 Å². The van der Waals surface area contributed by atoms with E-state index in [4.69, 9.17) is 0 Å². The molecule has 0 N–H and O–H groups in total. The van der Waals surface area contributed by atoms with E-state index in [0.29, 0.717) is 5.82 Å². The topological polar surface area (TPSA) is 70.8 Å². The van der Waals surface area contributed by atoms with E-state index in [1.54, 1.807) is 24.5 Å². The number of hydrogen-bond acceptors (Lipinski definition) is 4. The first-order chi connectivity index (χ1) is 7.16. The fourth-order valence-corrected chi connectivity index (χ4v) is 1.48. The van der Waals surface area contributed by atoms with Gasteiger partial charge in [0.15, 0.2) is 5.82 Å². The van der Waals surface area contributed by atoms with E-state index in [1.807, 2.05) is 0 Å². The quantitative estimate of drug-likeness (QED) is 0.744. The lowest BCUT2D eigenvalue weighted by Crippen LogP contribution is -2.23. The number of pyridine rings is 1. The molecule has 2 rings (SSSR count). The van der Waals surface area contributed by atoms with Crippen LogP contribution < -0.4 is 5.11 Å². The molecule has 15 heavy (non-hydrogen) atoms. The minimum atomic E-state index is -1.29. The Hall–Kier alpha value is -1.44. The number of nitrogens with zero attached hydrogens (tertiary/aromatic N) is 3. The Balaban J connectivity index is 2.45. The van der Waals surface area contributed by atoms with Crippen LogP contribution in [0.2, 0.25) is 0 Å². The molecule has 0 unspecified atom stereocenters. The predicted octanol–water partition coefficient (Wildman–Crippen LogP) is 0.235.